The van der Waals surface area contributed by atoms with E-state index in [1.807, 2.05) is 38.1 Å². The summed E-state index contributed by atoms with van der Waals surface area (Å²) in [4.78, 5) is 10.5. The molecule has 0 aromatic heterocycles. The monoisotopic (exact) mass is 235 g/mol. The quantitative estimate of drug-likeness (QED) is 0.843. The van der Waals surface area contributed by atoms with Gasteiger partial charge in [0.1, 0.15) is 5.75 Å². The van der Waals surface area contributed by atoms with E-state index in [2.05, 4.69) is 5.32 Å². The lowest BCUT2D eigenvalue weighted by molar-refractivity contribution is 0.193. The SMILES string of the molecule is CC(C)Oc1ccc([C@@H]2C[C@H]2NC(=O)O)cc1. The lowest BCUT2D eigenvalue weighted by atomic mass is 10.1. The van der Waals surface area contributed by atoms with Crippen molar-refractivity contribution in [3.8, 4) is 5.75 Å². The van der Waals surface area contributed by atoms with E-state index < -0.39 is 6.09 Å². The van der Waals surface area contributed by atoms with Gasteiger partial charge in [-0.25, -0.2) is 4.79 Å². The van der Waals surface area contributed by atoms with E-state index in [0.29, 0.717) is 5.92 Å². The molecular weight excluding hydrogens is 218 g/mol. The van der Waals surface area contributed by atoms with Crippen molar-refractivity contribution in [2.24, 2.45) is 0 Å². The lowest BCUT2D eigenvalue weighted by Crippen LogP contribution is -2.24. The molecule has 1 aliphatic carbocycles. The number of rotatable bonds is 4. The summed E-state index contributed by atoms with van der Waals surface area (Å²) in [7, 11) is 0. The van der Waals surface area contributed by atoms with Crippen LogP contribution >= 0.6 is 0 Å². The fraction of sp³-hybridized carbons (Fsp3) is 0.462. The van der Waals surface area contributed by atoms with Crippen molar-refractivity contribution in [2.45, 2.75) is 38.3 Å². The van der Waals surface area contributed by atoms with E-state index in [0.717, 1.165) is 12.2 Å². The number of benzene rings is 1. The van der Waals surface area contributed by atoms with Gasteiger partial charge in [-0.1, -0.05) is 12.1 Å². The predicted octanol–water partition coefficient (Wildman–Crippen LogP) is 2.60. The summed E-state index contributed by atoms with van der Waals surface area (Å²) in [6, 6.07) is 7.96. The van der Waals surface area contributed by atoms with Crippen molar-refractivity contribution in [3.05, 3.63) is 29.8 Å². The molecule has 0 unspecified atom stereocenters. The molecular formula is C13H17NO3. The Labute approximate surface area is 101 Å². The lowest BCUT2D eigenvalue weighted by Gasteiger charge is -2.10. The van der Waals surface area contributed by atoms with Crippen LogP contribution in [0.1, 0.15) is 31.7 Å². The van der Waals surface area contributed by atoms with Gasteiger partial charge in [0.25, 0.3) is 0 Å². The molecule has 4 heteroatoms. The zero-order chi connectivity index (χ0) is 12.4. The normalized spacial score (nSPS) is 22.3. The van der Waals surface area contributed by atoms with Crippen LogP contribution in [-0.2, 0) is 0 Å². The fourth-order valence-corrected chi connectivity index (χ4v) is 1.95. The summed E-state index contributed by atoms with van der Waals surface area (Å²) >= 11 is 0. The molecule has 0 spiro atoms. The fourth-order valence-electron chi connectivity index (χ4n) is 1.95. The van der Waals surface area contributed by atoms with E-state index in [1.165, 1.54) is 5.56 Å². The van der Waals surface area contributed by atoms with Gasteiger partial charge in [0.15, 0.2) is 0 Å². The Morgan fingerprint density at radius 1 is 1.41 bits per heavy atom. The summed E-state index contributed by atoms with van der Waals surface area (Å²) in [5.74, 6) is 1.17. The number of hydrogen-bond donors (Lipinski definition) is 2. The van der Waals surface area contributed by atoms with Gasteiger partial charge in [0.05, 0.1) is 6.10 Å². The molecule has 0 bridgehead atoms. The molecule has 2 N–H and O–H groups in total. The molecule has 2 rings (SSSR count). The number of nitrogens with one attached hydrogen (secondary N) is 1. The van der Waals surface area contributed by atoms with Crippen molar-refractivity contribution in [3.63, 3.8) is 0 Å². The predicted molar refractivity (Wildman–Crippen MR) is 64.5 cm³/mol. The maximum atomic E-state index is 10.5. The first kappa shape index (κ1) is 11.8. The van der Waals surface area contributed by atoms with E-state index in [4.69, 9.17) is 9.84 Å². The average molecular weight is 235 g/mol. The minimum absolute atomic E-state index is 0.0735. The number of carbonyl (C=O) groups is 1. The molecule has 1 saturated carbocycles. The van der Waals surface area contributed by atoms with E-state index in [1.54, 1.807) is 0 Å². The molecule has 1 amide bonds. The maximum Gasteiger partial charge on any atom is 0.404 e. The number of amides is 1. The standard InChI is InChI=1S/C13H17NO3/c1-8(2)17-10-5-3-9(4-6-10)11-7-12(11)14-13(15)16/h3-6,8,11-12,14H,7H2,1-2H3,(H,15,16)/t11-,12+/m0/s1. The molecule has 92 valence electrons. The van der Waals surface area contributed by atoms with Gasteiger partial charge in [-0.3, -0.25) is 0 Å². The van der Waals surface area contributed by atoms with Gasteiger partial charge in [0, 0.05) is 12.0 Å². The van der Waals surface area contributed by atoms with Crippen molar-refractivity contribution in [2.75, 3.05) is 0 Å². The van der Waals surface area contributed by atoms with E-state index >= 15 is 0 Å². The Morgan fingerprint density at radius 3 is 2.59 bits per heavy atom. The van der Waals surface area contributed by atoms with Crippen molar-refractivity contribution < 1.29 is 14.6 Å². The first-order chi connectivity index (χ1) is 8.06. The largest absolute Gasteiger partial charge is 0.491 e. The average Bonchev–Trinajstić information content (AvgIpc) is 2.96. The van der Waals surface area contributed by atoms with Crippen LogP contribution in [0.15, 0.2) is 24.3 Å². The van der Waals surface area contributed by atoms with Crippen LogP contribution < -0.4 is 10.1 Å². The molecule has 0 heterocycles. The van der Waals surface area contributed by atoms with Crippen molar-refractivity contribution >= 4 is 6.09 Å². The molecule has 2 atom stereocenters. The third-order valence-corrected chi connectivity index (χ3v) is 2.78. The number of ether oxygens (including phenoxy) is 1. The zero-order valence-corrected chi connectivity index (χ0v) is 10.0. The number of carboxylic acid groups (broad SMARTS) is 1. The first-order valence-corrected chi connectivity index (χ1v) is 5.82. The molecule has 0 saturated heterocycles. The van der Waals surface area contributed by atoms with Crippen LogP contribution in [0.5, 0.6) is 5.75 Å². The second kappa shape index (κ2) is 4.65. The second-order valence-corrected chi connectivity index (χ2v) is 4.63. The van der Waals surface area contributed by atoms with Gasteiger partial charge < -0.3 is 15.2 Å². The summed E-state index contributed by atoms with van der Waals surface area (Å²) in [6.07, 6.45) is 0.108. The summed E-state index contributed by atoms with van der Waals surface area (Å²) in [5, 5.41) is 11.1. The van der Waals surface area contributed by atoms with Crippen molar-refractivity contribution in [1.82, 2.24) is 5.32 Å². The minimum atomic E-state index is -0.947. The van der Waals surface area contributed by atoms with Crippen LogP contribution in [-0.4, -0.2) is 23.3 Å². The minimum Gasteiger partial charge on any atom is -0.491 e. The van der Waals surface area contributed by atoms with Gasteiger partial charge in [0.2, 0.25) is 0 Å². The highest BCUT2D eigenvalue weighted by atomic mass is 16.5. The topological polar surface area (TPSA) is 58.6 Å². The highest BCUT2D eigenvalue weighted by Gasteiger charge is 2.39. The van der Waals surface area contributed by atoms with Gasteiger partial charge in [-0.15, -0.1) is 0 Å². The maximum absolute atomic E-state index is 10.5. The molecule has 0 aliphatic heterocycles. The Kier molecular flexibility index (Phi) is 3.22. The molecule has 1 fully saturated rings. The van der Waals surface area contributed by atoms with Crippen LogP contribution in [0, 0.1) is 0 Å². The van der Waals surface area contributed by atoms with Crippen molar-refractivity contribution in [1.29, 1.82) is 0 Å². The van der Waals surface area contributed by atoms with Crippen LogP contribution in [0.25, 0.3) is 0 Å². The highest BCUT2D eigenvalue weighted by Crippen LogP contribution is 2.41. The Hall–Kier alpha value is -1.71. The third kappa shape index (κ3) is 3.12. The van der Waals surface area contributed by atoms with Crippen LogP contribution in [0.3, 0.4) is 0 Å². The highest BCUT2D eigenvalue weighted by molar-refractivity contribution is 5.65. The summed E-state index contributed by atoms with van der Waals surface area (Å²) in [5.41, 5.74) is 1.17. The Morgan fingerprint density at radius 2 is 2.06 bits per heavy atom. The first-order valence-electron chi connectivity index (χ1n) is 5.82. The Balaban J connectivity index is 1.93. The second-order valence-electron chi connectivity index (χ2n) is 4.63. The van der Waals surface area contributed by atoms with Gasteiger partial charge in [-0.2, -0.15) is 0 Å². The van der Waals surface area contributed by atoms with E-state index in [9.17, 15) is 4.79 Å². The molecule has 1 aromatic carbocycles. The van der Waals surface area contributed by atoms with Crippen LogP contribution in [0.2, 0.25) is 0 Å². The summed E-state index contributed by atoms with van der Waals surface area (Å²) < 4.78 is 5.55. The van der Waals surface area contributed by atoms with Gasteiger partial charge >= 0.3 is 6.09 Å². The molecule has 1 aliphatic rings. The Bertz CT molecular complexity index is 400. The van der Waals surface area contributed by atoms with E-state index in [-0.39, 0.29) is 12.1 Å². The van der Waals surface area contributed by atoms with Gasteiger partial charge in [-0.05, 0) is 38.0 Å². The summed E-state index contributed by atoms with van der Waals surface area (Å²) in [6.45, 7) is 3.98. The zero-order valence-electron chi connectivity index (χ0n) is 10.0. The van der Waals surface area contributed by atoms with Crippen LogP contribution in [0.4, 0.5) is 4.79 Å². The molecule has 1 aromatic rings. The smallest absolute Gasteiger partial charge is 0.404 e. The number of hydrogen-bond acceptors (Lipinski definition) is 2. The third-order valence-electron chi connectivity index (χ3n) is 2.78. The molecule has 17 heavy (non-hydrogen) atoms. The molecule has 0 radical (unpaired) electrons. The molecule has 4 nitrogen and oxygen atoms in total.